The molecule has 23 heavy (non-hydrogen) atoms. The largest absolute Gasteiger partial charge is 0.279 e. The van der Waals surface area contributed by atoms with Crippen molar-refractivity contribution < 1.29 is 13.3 Å². The molecule has 0 amide bonds. The van der Waals surface area contributed by atoms with Gasteiger partial charge in [0.1, 0.15) is 15.9 Å². The van der Waals surface area contributed by atoms with E-state index in [1.54, 1.807) is 19.1 Å². The van der Waals surface area contributed by atoms with Gasteiger partial charge in [-0.15, -0.1) is 0 Å². The topological polar surface area (TPSA) is 115 Å². The Bertz CT molecular complexity index is 1010. The highest BCUT2D eigenvalue weighted by atomic mass is 32.2. The minimum Gasteiger partial charge on any atom is -0.279 e. The van der Waals surface area contributed by atoms with Crippen LogP contribution in [-0.4, -0.2) is 22.1 Å². The number of aromatic nitrogens is 2. The summed E-state index contributed by atoms with van der Waals surface area (Å²) in [6, 6.07) is 8.78. The molecule has 0 aliphatic rings. The lowest BCUT2D eigenvalue weighted by Gasteiger charge is -2.09. The fraction of sp³-hybridized carbons (Fsp3) is 0.0769. The Morgan fingerprint density at radius 3 is 2.74 bits per heavy atom. The lowest BCUT2D eigenvalue weighted by molar-refractivity contribution is -0.385. The van der Waals surface area contributed by atoms with Crippen molar-refractivity contribution in [3.63, 3.8) is 0 Å². The van der Waals surface area contributed by atoms with Gasteiger partial charge >= 0.3 is 0 Å². The molecule has 0 aliphatic heterocycles. The number of nitro benzene ring substituents is 1. The molecule has 0 bridgehead atoms. The average Bonchev–Trinajstić information content (AvgIpc) is 2.96. The Balaban J connectivity index is 2.04. The first-order valence-corrected chi connectivity index (χ1v) is 8.59. The third kappa shape index (κ3) is 2.85. The molecule has 0 fully saturated rings. The van der Waals surface area contributed by atoms with Gasteiger partial charge in [0.2, 0.25) is 0 Å². The van der Waals surface area contributed by atoms with Gasteiger partial charge in [0, 0.05) is 11.6 Å². The Kier molecular flexibility index (Phi) is 3.70. The molecule has 0 unspecified atom stereocenters. The second kappa shape index (κ2) is 5.56. The van der Waals surface area contributed by atoms with E-state index in [2.05, 4.69) is 13.5 Å². The van der Waals surface area contributed by atoms with Gasteiger partial charge in [0.15, 0.2) is 0 Å². The van der Waals surface area contributed by atoms with Gasteiger partial charge in [0.05, 0.1) is 22.3 Å². The maximum Gasteiger partial charge on any atom is 0.274 e. The second-order valence-electron chi connectivity index (χ2n) is 4.75. The number of hydrogen-bond acceptors (Lipinski definition) is 7. The van der Waals surface area contributed by atoms with Gasteiger partial charge in [-0.3, -0.25) is 14.8 Å². The van der Waals surface area contributed by atoms with Crippen molar-refractivity contribution in [2.75, 3.05) is 4.72 Å². The highest BCUT2D eigenvalue weighted by Crippen LogP contribution is 2.26. The molecule has 10 heteroatoms. The normalized spacial score (nSPS) is 11.5. The summed E-state index contributed by atoms with van der Waals surface area (Å²) in [5, 5.41) is 11.0. The third-order valence-corrected chi connectivity index (χ3v) is 5.15. The lowest BCUT2D eigenvalue weighted by Crippen LogP contribution is -2.13. The summed E-state index contributed by atoms with van der Waals surface area (Å²) in [6.45, 7) is 1.58. The van der Waals surface area contributed by atoms with Gasteiger partial charge < -0.3 is 0 Å². The van der Waals surface area contributed by atoms with Gasteiger partial charge in [-0.05, 0) is 25.1 Å². The summed E-state index contributed by atoms with van der Waals surface area (Å²) < 4.78 is 35.4. The summed E-state index contributed by atoms with van der Waals surface area (Å²) in [7, 11) is -3.93. The minimum atomic E-state index is -3.93. The molecule has 0 atom stereocenters. The predicted molar refractivity (Wildman–Crippen MR) is 86.1 cm³/mol. The fourth-order valence-corrected chi connectivity index (χ4v) is 3.90. The van der Waals surface area contributed by atoms with Crippen molar-refractivity contribution in [3.05, 3.63) is 52.1 Å². The van der Waals surface area contributed by atoms with Gasteiger partial charge in [-0.2, -0.15) is 8.75 Å². The van der Waals surface area contributed by atoms with Crippen molar-refractivity contribution in [1.29, 1.82) is 0 Å². The Labute approximate surface area is 135 Å². The molecule has 1 heterocycles. The molecule has 0 spiro atoms. The van der Waals surface area contributed by atoms with Crippen LogP contribution in [0.3, 0.4) is 0 Å². The molecule has 0 radical (unpaired) electrons. The maximum absolute atomic E-state index is 12.5. The number of fused-ring (bicyclic) bond motifs is 1. The zero-order chi connectivity index (χ0) is 16.6. The van der Waals surface area contributed by atoms with E-state index in [4.69, 9.17) is 0 Å². The fourth-order valence-electron chi connectivity index (χ4n) is 2.08. The number of nitro groups is 1. The van der Waals surface area contributed by atoms with Crippen LogP contribution < -0.4 is 4.72 Å². The molecule has 8 nitrogen and oxygen atoms in total. The van der Waals surface area contributed by atoms with Crippen LogP contribution in [0.25, 0.3) is 11.0 Å². The van der Waals surface area contributed by atoms with Crippen molar-refractivity contribution in [3.8, 4) is 0 Å². The number of rotatable bonds is 4. The van der Waals surface area contributed by atoms with Gasteiger partial charge in [0.25, 0.3) is 15.7 Å². The number of sulfonamides is 1. The number of anilines is 1. The van der Waals surface area contributed by atoms with Crippen LogP contribution in [0.15, 0.2) is 41.3 Å². The molecular formula is C13H10N4O4S2. The van der Waals surface area contributed by atoms with E-state index in [0.29, 0.717) is 11.1 Å². The minimum absolute atomic E-state index is 0.0213. The first-order valence-electron chi connectivity index (χ1n) is 6.37. The van der Waals surface area contributed by atoms with Crippen molar-refractivity contribution >= 4 is 44.2 Å². The van der Waals surface area contributed by atoms with E-state index in [-0.39, 0.29) is 21.8 Å². The predicted octanol–water partition coefficient (Wildman–Crippen LogP) is 2.71. The molecule has 2 aromatic carbocycles. The summed E-state index contributed by atoms with van der Waals surface area (Å²) >= 11 is 0.916. The SMILES string of the molecule is Cc1ccc(NS(=O)(=O)c2cccc3nsnc23)cc1[N+](=O)[O-]. The number of aryl methyl sites for hydroxylation is 1. The third-order valence-electron chi connectivity index (χ3n) is 3.20. The zero-order valence-corrected chi connectivity index (χ0v) is 13.4. The molecule has 0 saturated heterocycles. The van der Waals surface area contributed by atoms with E-state index in [1.165, 1.54) is 24.3 Å². The number of nitrogens with one attached hydrogen (secondary N) is 1. The highest BCUT2D eigenvalue weighted by Gasteiger charge is 2.21. The van der Waals surface area contributed by atoms with Crippen LogP contribution in [0.5, 0.6) is 0 Å². The van der Waals surface area contributed by atoms with Crippen LogP contribution >= 0.6 is 11.7 Å². The number of hydrogen-bond donors (Lipinski definition) is 1. The summed E-state index contributed by atoms with van der Waals surface area (Å²) in [6.07, 6.45) is 0. The monoisotopic (exact) mass is 350 g/mol. The van der Waals surface area contributed by atoms with Crippen LogP contribution in [0.2, 0.25) is 0 Å². The van der Waals surface area contributed by atoms with Crippen LogP contribution in [0.4, 0.5) is 11.4 Å². The summed E-state index contributed by atoms with van der Waals surface area (Å²) in [4.78, 5) is 10.4. The van der Waals surface area contributed by atoms with E-state index in [0.717, 1.165) is 11.7 Å². The molecule has 0 saturated carbocycles. The quantitative estimate of drug-likeness (QED) is 0.571. The van der Waals surface area contributed by atoms with Crippen molar-refractivity contribution in [2.45, 2.75) is 11.8 Å². The van der Waals surface area contributed by atoms with Crippen LogP contribution in [0, 0.1) is 17.0 Å². The Morgan fingerprint density at radius 2 is 2.00 bits per heavy atom. The van der Waals surface area contributed by atoms with Crippen LogP contribution in [-0.2, 0) is 10.0 Å². The molecule has 3 rings (SSSR count). The zero-order valence-electron chi connectivity index (χ0n) is 11.8. The number of nitrogens with zero attached hydrogens (tertiary/aromatic N) is 3. The van der Waals surface area contributed by atoms with E-state index < -0.39 is 14.9 Å². The molecular weight excluding hydrogens is 340 g/mol. The van der Waals surface area contributed by atoms with Crippen LogP contribution in [0.1, 0.15) is 5.56 Å². The molecule has 0 aliphatic carbocycles. The molecule has 118 valence electrons. The maximum atomic E-state index is 12.5. The smallest absolute Gasteiger partial charge is 0.274 e. The molecule has 3 aromatic rings. The van der Waals surface area contributed by atoms with E-state index in [9.17, 15) is 18.5 Å². The first-order chi connectivity index (χ1) is 10.9. The summed E-state index contributed by atoms with van der Waals surface area (Å²) in [5.41, 5.74) is 1.16. The Morgan fingerprint density at radius 1 is 1.22 bits per heavy atom. The number of benzene rings is 2. The van der Waals surface area contributed by atoms with E-state index in [1.807, 2.05) is 0 Å². The second-order valence-corrected chi connectivity index (χ2v) is 6.93. The van der Waals surface area contributed by atoms with Gasteiger partial charge in [-0.25, -0.2) is 8.42 Å². The van der Waals surface area contributed by atoms with Gasteiger partial charge in [-0.1, -0.05) is 12.1 Å². The summed E-state index contributed by atoms with van der Waals surface area (Å²) in [5.74, 6) is 0. The average molecular weight is 350 g/mol. The highest BCUT2D eigenvalue weighted by molar-refractivity contribution is 7.93. The first kappa shape index (κ1) is 15.3. The Hall–Kier alpha value is -2.59. The van der Waals surface area contributed by atoms with E-state index >= 15 is 0 Å². The van der Waals surface area contributed by atoms with Crippen molar-refractivity contribution in [2.24, 2.45) is 0 Å². The van der Waals surface area contributed by atoms with Crippen molar-refractivity contribution in [1.82, 2.24) is 8.75 Å². The standard InChI is InChI=1S/C13H10N4O4S2/c1-8-5-6-9(7-11(8)17(18)19)16-23(20,21)12-4-2-3-10-13(12)15-22-14-10/h2-7,16H,1H3. The lowest BCUT2D eigenvalue weighted by atomic mass is 10.2. The molecule has 1 N–H and O–H groups in total. The molecule has 1 aromatic heterocycles.